The number of halogens is 1. The lowest BCUT2D eigenvalue weighted by Gasteiger charge is -2.16. The third kappa shape index (κ3) is 4.68. The van der Waals surface area contributed by atoms with Gasteiger partial charge in [-0.3, -0.25) is 9.59 Å². The van der Waals surface area contributed by atoms with E-state index in [2.05, 4.69) is 5.32 Å². The lowest BCUT2D eigenvalue weighted by Crippen LogP contribution is -2.32. The lowest BCUT2D eigenvalue weighted by molar-refractivity contribution is -0.156. The number of benzene rings is 1. The van der Waals surface area contributed by atoms with Crippen molar-refractivity contribution in [3.8, 4) is 0 Å². The molecule has 0 radical (unpaired) electrons. The number of sulfone groups is 1. The molecule has 1 aromatic carbocycles. The van der Waals surface area contributed by atoms with Gasteiger partial charge >= 0.3 is 5.97 Å². The summed E-state index contributed by atoms with van der Waals surface area (Å²) in [6, 6.07) is 5.07. The largest absolute Gasteiger partial charge is 0.452 e. The van der Waals surface area contributed by atoms with Gasteiger partial charge in [-0.15, -0.1) is 0 Å². The SMILES string of the molecule is Cc1ccc(Cl)cc1NC(=O)[C@@H](C)OC(=O)[C@H]1CCS(=O)(=O)C1. The van der Waals surface area contributed by atoms with Crippen LogP contribution in [0.3, 0.4) is 0 Å². The molecule has 1 aliphatic rings. The molecule has 23 heavy (non-hydrogen) atoms. The highest BCUT2D eigenvalue weighted by molar-refractivity contribution is 7.91. The van der Waals surface area contributed by atoms with Crippen molar-refractivity contribution < 1.29 is 22.7 Å². The molecular weight excluding hydrogens is 342 g/mol. The van der Waals surface area contributed by atoms with E-state index in [1.807, 2.05) is 6.92 Å². The zero-order valence-electron chi connectivity index (χ0n) is 12.8. The number of carbonyl (C=O) groups is 2. The molecule has 0 bridgehead atoms. The highest BCUT2D eigenvalue weighted by Crippen LogP contribution is 2.22. The molecule has 2 rings (SSSR count). The van der Waals surface area contributed by atoms with Gasteiger partial charge in [0.25, 0.3) is 5.91 Å². The molecule has 1 heterocycles. The highest BCUT2D eigenvalue weighted by Gasteiger charge is 2.35. The standard InChI is InChI=1S/C15H18ClNO5S/c1-9-3-4-12(16)7-13(9)17-14(18)10(2)22-15(19)11-5-6-23(20,21)8-11/h3-4,7,10-11H,5-6,8H2,1-2H3,(H,17,18)/t10-,11+/m1/s1. The first-order valence-electron chi connectivity index (χ1n) is 7.16. The van der Waals surface area contributed by atoms with E-state index in [1.165, 1.54) is 6.92 Å². The third-order valence-electron chi connectivity index (χ3n) is 3.69. The molecule has 0 saturated carbocycles. The Kier molecular flexibility index (Phi) is 5.31. The van der Waals surface area contributed by atoms with Crippen LogP contribution in [0, 0.1) is 12.8 Å². The van der Waals surface area contributed by atoms with Crippen LogP contribution in [0.4, 0.5) is 5.69 Å². The maximum absolute atomic E-state index is 12.1. The Morgan fingerprint density at radius 2 is 2.09 bits per heavy atom. The molecule has 1 fully saturated rings. The molecule has 0 aliphatic carbocycles. The van der Waals surface area contributed by atoms with Crippen molar-refractivity contribution >= 4 is 39.0 Å². The average molecular weight is 360 g/mol. The maximum Gasteiger partial charge on any atom is 0.310 e. The number of hydrogen-bond acceptors (Lipinski definition) is 5. The summed E-state index contributed by atoms with van der Waals surface area (Å²) in [5, 5.41) is 3.12. The van der Waals surface area contributed by atoms with Gasteiger partial charge in [0.05, 0.1) is 17.4 Å². The van der Waals surface area contributed by atoms with Crippen LogP contribution in [0.25, 0.3) is 0 Å². The van der Waals surface area contributed by atoms with Gasteiger partial charge in [-0.25, -0.2) is 8.42 Å². The Labute approximate surface area is 140 Å². The number of carbonyl (C=O) groups excluding carboxylic acids is 2. The Balaban J connectivity index is 1.95. The van der Waals surface area contributed by atoms with Gasteiger partial charge < -0.3 is 10.1 Å². The van der Waals surface area contributed by atoms with E-state index in [9.17, 15) is 18.0 Å². The summed E-state index contributed by atoms with van der Waals surface area (Å²) in [5.74, 6) is -2.08. The van der Waals surface area contributed by atoms with E-state index in [-0.39, 0.29) is 17.9 Å². The molecule has 1 aliphatic heterocycles. The van der Waals surface area contributed by atoms with Gasteiger partial charge in [-0.05, 0) is 38.0 Å². The highest BCUT2D eigenvalue weighted by atomic mass is 35.5. The van der Waals surface area contributed by atoms with Crippen molar-refractivity contribution in [3.63, 3.8) is 0 Å². The van der Waals surface area contributed by atoms with Gasteiger partial charge in [0, 0.05) is 10.7 Å². The second kappa shape index (κ2) is 6.88. The molecular formula is C15H18ClNO5S. The summed E-state index contributed by atoms with van der Waals surface area (Å²) < 4.78 is 27.8. The summed E-state index contributed by atoms with van der Waals surface area (Å²) in [6.45, 7) is 3.25. The van der Waals surface area contributed by atoms with Crippen molar-refractivity contribution in [3.05, 3.63) is 28.8 Å². The van der Waals surface area contributed by atoms with Crippen molar-refractivity contribution in [2.75, 3.05) is 16.8 Å². The van der Waals surface area contributed by atoms with E-state index in [1.54, 1.807) is 18.2 Å². The van der Waals surface area contributed by atoms with E-state index in [0.717, 1.165) is 5.56 Å². The van der Waals surface area contributed by atoms with Crippen molar-refractivity contribution in [2.24, 2.45) is 5.92 Å². The van der Waals surface area contributed by atoms with Crippen molar-refractivity contribution in [1.29, 1.82) is 0 Å². The molecule has 1 aromatic rings. The number of aryl methyl sites for hydroxylation is 1. The molecule has 126 valence electrons. The fraction of sp³-hybridized carbons (Fsp3) is 0.467. The molecule has 6 nitrogen and oxygen atoms in total. The minimum Gasteiger partial charge on any atom is -0.452 e. The van der Waals surface area contributed by atoms with Gasteiger partial charge in [0.1, 0.15) is 0 Å². The zero-order valence-corrected chi connectivity index (χ0v) is 14.4. The molecule has 8 heteroatoms. The first-order valence-corrected chi connectivity index (χ1v) is 9.36. The normalized spacial score (nSPS) is 20.7. The van der Waals surface area contributed by atoms with E-state index in [4.69, 9.17) is 16.3 Å². The topological polar surface area (TPSA) is 89.5 Å². The second-order valence-corrected chi connectivity index (χ2v) is 8.29. The summed E-state index contributed by atoms with van der Waals surface area (Å²) in [5.41, 5.74) is 1.36. The summed E-state index contributed by atoms with van der Waals surface area (Å²) >= 11 is 5.88. The van der Waals surface area contributed by atoms with Gasteiger partial charge in [-0.1, -0.05) is 17.7 Å². The van der Waals surface area contributed by atoms with Gasteiger partial charge in [0.2, 0.25) is 0 Å². The number of esters is 1. The van der Waals surface area contributed by atoms with Crippen molar-refractivity contribution in [2.45, 2.75) is 26.4 Å². The van der Waals surface area contributed by atoms with Crippen LogP contribution >= 0.6 is 11.6 Å². The molecule has 1 amide bonds. The van der Waals surface area contributed by atoms with Crippen LogP contribution < -0.4 is 5.32 Å². The number of ether oxygens (including phenoxy) is 1. The fourth-order valence-electron chi connectivity index (χ4n) is 2.27. The summed E-state index contributed by atoms with van der Waals surface area (Å²) in [4.78, 5) is 24.0. The third-order valence-corrected chi connectivity index (χ3v) is 5.69. The molecule has 0 spiro atoms. The number of amides is 1. The Bertz CT molecular complexity index is 731. The number of anilines is 1. The van der Waals surface area contributed by atoms with Crippen LogP contribution in [0.15, 0.2) is 18.2 Å². The Hall–Kier alpha value is -1.60. The summed E-state index contributed by atoms with van der Waals surface area (Å²) in [6.07, 6.45) is -0.785. The quantitative estimate of drug-likeness (QED) is 0.830. The monoisotopic (exact) mass is 359 g/mol. The van der Waals surface area contributed by atoms with E-state index in [0.29, 0.717) is 10.7 Å². The number of rotatable bonds is 4. The smallest absolute Gasteiger partial charge is 0.310 e. The van der Waals surface area contributed by atoms with Crippen LogP contribution in [0.5, 0.6) is 0 Å². The average Bonchev–Trinajstić information content (AvgIpc) is 2.83. The van der Waals surface area contributed by atoms with Crippen LogP contribution in [-0.4, -0.2) is 37.9 Å². The molecule has 1 saturated heterocycles. The molecule has 0 aromatic heterocycles. The minimum absolute atomic E-state index is 0.0188. The molecule has 0 unspecified atom stereocenters. The number of hydrogen-bond donors (Lipinski definition) is 1. The van der Waals surface area contributed by atoms with Gasteiger partial charge in [0.15, 0.2) is 15.9 Å². The maximum atomic E-state index is 12.1. The van der Waals surface area contributed by atoms with Crippen LogP contribution in [-0.2, 0) is 24.2 Å². The van der Waals surface area contributed by atoms with Crippen molar-refractivity contribution in [1.82, 2.24) is 0 Å². The minimum atomic E-state index is -3.17. The van der Waals surface area contributed by atoms with E-state index >= 15 is 0 Å². The predicted octanol–water partition coefficient (Wildman–Crippen LogP) is 1.95. The first kappa shape index (κ1) is 17.7. The van der Waals surface area contributed by atoms with Crippen LogP contribution in [0.1, 0.15) is 18.9 Å². The zero-order chi connectivity index (χ0) is 17.2. The van der Waals surface area contributed by atoms with Gasteiger partial charge in [-0.2, -0.15) is 0 Å². The summed E-state index contributed by atoms with van der Waals surface area (Å²) in [7, 11) is -3.17. The lowest BCUT2D eigenvalue weighted by atomic mass is 10.1. The van der Waals surface area contributed by atoms with Crippen LogP contribution in [0.2, 0.25) is 5.02 Å². The predicted molar refractivity (Wildman–Crippen MR) is 87.1 cm³/mol. The second-order valence-electron chi connectivity index (χ2n) is 5.63. The Morgan fingerprint density at radius 3 is 2.70 bits per heavy atom. The van der Waals surface area contributed by atoms with E-state index < -0.39 is 33.7 Å². The number of nitrogens with one attached hydrogen (secondary N) is 1. The fourth-order valence-corrected chi connectivity index (χ4v) is 4.17. The first-order chi connectivity index (χ1) is 10.7. The molecule has 2 atom stereocenters. The molecule has 1 N–H and O–H groups in total. The Morgan fingerprint density at radius 1 is 1.39 bits per heavy atom.